The Morgan fingerprint density at radius 3 is 1.42 bits per heavy atom. The van der Waals surface area contributed by atoms with Gasteiger partial charge in [-0.3, -0.25) is 0 Å². The molecule has 0 amide bonds. The van der Waals surface area contributed by atoms with E-state index >= 15 is 0 Å². The lowest BCUT2D eigenvalue weighted by Crippen LogP contribution is -1.96. The van der Waals surface area contributed by atoms with Crippen molar-refractivity contribution in [2.45, 2.75) is 6.92 Å². The van der Waals surface area contributed by atoms with Crippen LogP contribution in [0.3, 0.4) is 0 Å². The van der Waals surface area contributed by atoms with Crippen molar-refractivity contribution in [3.63, 3.8) is 0 Å². The highest BCUT2D eigenvalue weighted by Crippen LogP contribution is 2.54. The molecule has 38 heavy (non-hydrogen) atoms. The summed E-state index contributed by atoms with van der Waals surface area (Å²) in [5.41, 5.74) is 11.1. The molecule has 0 atom stereocenters. The van der Waals surface area contributed by atoms with Crippen LogP contribution in [0.25, 0.3) is 64.8 Å². The second-order valence-electron chi connectivity index (χ2n) is 9.64. The van der Waals surface area contributed by atoms with E-state index in [1.165, 1.54) is 65.5 Å². The van der Waals surface area contributed by atoms with Crippen LogP contribution in [0.5, 0.6) is 0 Å². The van der Waals surface area contributed by atoms with Gasteiger partial charge in [-0.05, 0) is 57.5 Å². The van der Waals surface area contributed by atoms with Crippen molar-refractivity contribution >= 4 is 31.6 Å². The number of aromatic nitrogens is 1. The van der Waals surface area contributed by atoms with E-state index in [2.05, 4.69) is 134 Å². The van der Waals surface area contributed by atoms with Crippen LogP contribution < -0.4 is 0 Å². The fraction of sp³-hybridized carbons (Fsp3) is 0.0278. The van der Waals surface area contributed by atoms with Crippen LogP contribution in [-0.2, 0) is 0 Å². The molecule has 5 aromatic carbocycles. The smallest absolute Gasteiger partial charge is 0.124 e. The second kappa shape index (κ2) is 9.41. The van der Waals surface area contributed by atoms with Gasteiger partial charge in [0.15, 0.2) is 0 Å². The molecule has 0 aliphatic rings. The zero-order valence-electron chi connectivity index (χ0n) is 21.1. The zero-order chi connectivity index (χ0) is 25.5. The molecule has 0 aliphatic heterocycles. The molecule has 7 rings (SSSR count). The van der Waals surface area contributed by atoms with Gasteiger partial charge >= 0.3 is 0 Å². The van der Waals surface area contributed by atoms with Crippen LogP contribution in [0.15, 0.2) is 134 Å². The molecule has 1 nitrogen and oxygen atoms in total. The molecule has 0 saturated carbocycles. The molecule has 2 heteroatoms. The van der Waals surface area contributed by atoms with E-state index in [1.54, 1.807) is 11.3 Å². The Bertz CT molecular complexity index is 1890. The van der Waals surface area contributed by atoms with Crippen molar-refractivity contribution in [2.75, 3.05) is 0 Å². The summed E-state index contributed by atoms with van der Waals surface area (Å²) in [6, 6.07) is 45.7. The molecule has 0 spiro atoms. The maximum atomic E-state index is 4.91. The van der Waals surface area contributed by atoms with E-state index in [0.29, 0.717) is 0 Å². The Kier molecular flexibility index (Phi) is 5.61. The van der Waals surface area contributed by atoms with Crippen LogP contribution in [0, 0.1) is 6.92 Å². The Labute approximate surface area is 226 Å². The Hall–Kier alpha value is -4.53. The van der Waals surface area contributed by atoms with Gasteiger partial charge in [0.25, 0.3) is 0 Å². The molecule has 2 heterocycles. The Morgan fingerprint density at radius 1 is 0.500 bits per heavy atom. The number of benzene rings is 5. The van der Waals surface area contributed by atoms with E-state index in [0.717, 1.165) is 4.83 Å². The molecule has 0 radical (unpaired) electrons. The third kappa shape index (κ3) is 3.73. The van der Waals surface area contributed by atoms with Gasteiger partial charge in [0, 0.05) is 27.2 Å². The Balaban J connectivity index is 1.81. The number of pyridine rings is 1. The van der Waals surface area contributed by atoms with Gasteiger partial charge in [-0.15, -0.1) is 11.3 Å². The monoisotopic (exact) mass is 503 g/mol. The van der Waals surface area contributed by atoms with Gasteiger partial charge in [0.05, 0.1) is 0 Å². The van der Waals surface area contributed by atoms with Gasteiger partial charge in [0.1, 0.15) is 4.83 Å². The second-order valence-corrected chi connectivity index (χ2v) is 10.6. The summed E-state index contributed by atoms with van der Waals surface area (Å²) in [5, 5.41) is 2.50. The van der Waals surface area contributed by atoms with Crippen molar-refractivity contribution in [3.05, 3.63) is 139 Å². The quantitative estimate of drug-likeness (QED) is 0.233. The first-order valence-corrected chi connectivity index (χ1v) is 13.7. The fourth-order valence-corrected chi connectivity index (χ4v) is 6.77. The van der Waals surface area contributed by atoms with E-state index in [9.17, 15) is 0 Å². The van der Waals surface area contributed by atoms with Gasteiger partial charge in [-0.25, -0.2) is 4.98 Å². The van der Waals surface area contributed by atoms with E-state index < -0.39 is 0 Å². The fourth-order valence-electron chi connectivity index (χ4n) is 5.56. The maximum absolute atomic E-state index is 4.91. The maximum Gasteiger partial charge on any atom is 0.124 e. The number of aryl methyl sites for hydroxylation is 1. The third-order valence-electron chi connectivity index (χ3n) is 7.16. The van der Waals surface area contributed by atoms with Crippen LogP contribution in [0.2, 0.25) is 0 Å². The lowest BCUT2D eigenvalue weighted by atomic mass is 9.80. The molecule has 2 aromatic heterocycles. The van der Waals surface area contributed by atoms with Gasteiger partial charge in [0.2, 0.25) is 0 Å². The van der Waals surface area contributed by atoms with Crippen molar-refractivity contribution in [2.24, 2.45) is 0 Å². The highest BCUT2D eigenvalue weighted by molar-refractivity contribution is 7.26. The largest absolute Gasteiger partial charge is 0.245 e. The topological polar surface area (TPSA) is 12.9 Å². The summed E-state index contributed by atoms with van der Waals surface area (Å²) >= 11 is 1.80. The summed E-state index contributed by atoms with van der Waals surface area (Å²) in [7, 11) is 0. The SMILES string of the molecule is Cc1cnc2sc3c(-c4ccccc4)c(-c4ccccc4)c(-c4ccccc4)c(-c4ccccc4)c3c2c1. The first-order valence-electron chi connectivity index (χ1n) is 12.9. The average Bonchev–Trinajstić information content (AvgIpc) is 3.36. The predicted molar refractivity (Wildman–Crippen MR) is 164 cm³/mol. The van der Waals surface area contributed by atoms with Gasteiger partial charge < -0.3 is 0 Å². The number of thiophene rings is 1. The normalized spacial score (nSPS) is 11.3. The molecular formula is C36H25NS. The zero-order valence-corrected chi connectivity index (χ0v) is 21.9. The highest BCUT2D eigenvalue weighted by Gasteiger charge is 2.26. The molecule has 0 bridgehead atoms. The van der Waals surface area contributed by atoms with Crippen molar-refractivity contribution in [1.29, 1.82) is 0 Å². The van der Waals surface area contributed by atoms with Gasteiger partial charge in [-0.2, -0.15) is 0 Å². The van der Waals surface area contributed by atoms with Crippen molar-refractivity contribution in [1.82, 2.24) is 4.98 Å². The Morgan fingerprint density at radius 2 is 0.921 bits per heavy atom. The molecular weight excluding hydrogens is 478 g/mol. The molecule has 0 aliphatic carbocycles. The third-order valence-corrected chi connectivity index (χ3v) is 8.29. The molecule has 7 aromatic rings. The average molecular weight is 504 g/mol. The molecule has 0 N–H and O–H groups in total. The van der Waals surface area contributed by atoms with Gasteiger partial charge in [-0.1, -0.05) is 121 Å². The standard InChI is InChI=1S/C36H25NS/c1-24-22-29-34-32(27-18-10-4-11-19-27)30(25-14-6-2-7-15-25)31(26-16-8-3-9-17-26)33(28-20-12-5-13-21-28)35(34)38-36(29)37-23-24/h2-23H,1H3. The van der Waals surface area contributed by atoms with Crippen molar-refractivity contribution < 1.29 is 0 Å². The van der Waals surface area contributed by atoms with Crippen LogP contribution in [0.1, 0.15) is 5.56 Å². The van der Waals surface area contributed by atoms with Crippen LogP contribution >= 0.6 is 11.3 Å². The van der Waals surface area contributed by atoms with Crippen LogP contribution in [0.4, 0.5) is 0 Å². The van der Waals surface area contributed by atoms with Crippen LogP contribution in [-0.4, -0.2) is 4.98 Å². The number of hydrogen-bond donors (Lipinski definition) is 0. The minimum absolute atomic E-state index is 1.07. The number of fused-ring (bicyclic) bond motifs is 3. The predicted octanol–water partition coefficient (Wildman–Crippen LogP) is 10.4. The summed E-state index contributed by atoms with van der Waals surface area (Å²) in [4.78, 5) is 5.98. The first kappa shape index (κ1) is 22.7. The first-order chi connectivity index (χ1) is 18.8. The lowest BCUT2D eigenvalue weighted by Gasteiger charge is -2.22. The number of hydrogen-bond acceptors (Lipinski definition) is 2. The molecule has 180 valence electrons. The molecule has 0 fully saturated rings. The van der Waals surface area contributed by atoms with E-state index in [1.807, 2.05) is 6.20 Å². The minimum atomic E-state index is 1.07. The summed E-state index contributed by atoms with van der Waals surface area (Å²) < 4.78 is 1.28. The highest BCUT2D eigenvalue weighted by atomic mass is 32.1. The molecule has 0 unspecified atom stereocenters. The summed E-state index contributed by atoms with van der Waals surface area (Å²) in [5.74, 6) is 0. The van der Waals surface area contributed by atoms with Crippen molar-refractivity contribution in [3.8, 4) is 44.5 Å². The lowest BCUT2D eigenvalue weighted by molar-refractivity contribution is 1.35. The summed E-state index contributed by atoms with van der Waals surface area (Å²) in [6.07, 6.45) is 1.98. The molecule has 0 saturated heterocycles. The number of rotatable bonds is 4. The minimum Gasteiger partial charge on any atom is -0.245 e. The van der Waals surface area contributed by atoms with E-state index in [-0.39, 0.29) is 0 Å². The number of nitrogens with zero attached hydrogens (tertiary/aromatic N) is 1. The summed E-state index contributed by atoms with van der Waals surface area (Å²) in [6.45, 7) is 2.13. The van der Waals surface area contributed by atoms with E-state index in [4.69, 9.17) is 4.98 Å².